The van der Waals surface area contributed by atoms with Crippen LogP contribution in [0, 0.1) is 10.1 Å². The van der Waals surface area contributed by atoms with Crippen molar-refractivity contribution in [3.63, 3.8) is 0 Å². The van der Waals surface area contributed by atoms with Crippen molar-refractivity contribution in [3.8, 4) is 0 Å². The standard InChI is InChI=1S/C18H21N5O2/c24-23(25)16-6-5-15-14(7-9-19-15)18(16)22-11-3-10-21(12-13-22)17-4-1-2-8-20-17/h1-2,4-6,8,19H,3,7,9-13H2. The zero-order chi connectivity index (χ0) is 17.2. The lowest BCUT2D eigenvalue weighted by atomic mass is 10.1. The molecule has 130 valence electrons. The van der Waals surface area contributed by atoms with E-state index in [2.05, 4.69) is 20.1 Å². The van der Waals surface area contributed by atoms with E-state index >= 15 is 0 Å². The lowest BCUT2D eigenvalue weighted by Gasteiger charge is -2.25. The summed E-state index contributed by atoms with van der Waals surface area (Å²) in [4.78, 5) is 20.2. The summed E-state index contributed by atoms with van der Waals surface area (Å²) in [6, 6.07) is 9.39. The molecule has 1 aromatic carbocycles. The molecule has 2 aromatic rings. The first kappa shape index (κ1) is 15.7. The number of nitrogens with one attached hydrogen (secondary N) is 1. The molecular formula is C18H21N5O2. The first-order valence-electron chi connectivity index (χ1n) is 8.69. The van der Waals surface area contributed by atoms with E-state index in [1.54, 1.807) is 12.3 Å². The second-order valence-electron chi connectivity index (χ2n) is 6.41. The number of rotatable bonds is 3. The molecular weight excluding hydrogens is 318 g/mol. The maximum absolute atomic E-state index is 11.6. The molecule has 25 heavy (non-hydrogen) atoms. The monoisotopic (exact) mass is 339 g/mol. The summed E-state index contributed by atoms with van der Waals surface area (Å²) in [5, 5.41) is 14.9. The van der Waals surface area contributed by atoms with Gasteiger partial charge in [-0.3, -0.25) is 10.1 Å². The second-order valence-corrected chi connectivity index (χ2v) is 6.41. The Morgan fingerprint density at radius 3 is 2.72 bits per heavy atom. The Hall–Kier alpha value is -2.83. The van der Waals surface area contributed by atoms with E-state index in [0.29, 0.717) is 0 Å². The van der Waals surface area contributed by atoms with E-state index < -0.39 is 0 Å². The SMILES string of the molecule is O=[N+]([O-])c1ccc2c(c1N1CCCN(c3ccccn3)CC1)CCN2. The fourth-order valence-electron chi connectivity index (χ4n) is 3.78. The molecule has 0 saturated carbocycles. The van der Waals surface area contributed by atoms with E-state index in [9.17, 15) is 10.1 Å². The molecule has 1 saturated heterocycles. The van der Waals surface area contributed by atoms with Crippen molar-refractivity contribution in [2.45, 2.75) is 12.8 Å². The van der Waals surface area contributed by atoms with Crippen molar-refractivity contribution in [1.82, 2.24) is 4.98 Å². The normalized spacial score (nSPS) is 17.0. The third-order valence-corrected chi connectivity index (χ3v) is 4.93. The molecule has 7 nitrogen and oxygen atoms in total. The number of benzene rings is 1. The van der Waals surface area contributed by atoms with Gasteiger partial charge < -0.3 is 15.1 Å². The summed E-state index contributed by atoms with van der Waals surface area (Å²) in [7, 11) is 0. The van der Waals surface area contributed by atoms with Gasteiger partial charge in [0.05, 0.1) is 4.92 Å². The highest BCUT2D eigenvalue weighted by atomic mass is 16.6. The average Bonchev–Trinajstić information content (AvgIpc) is 2.98. The predicted octanol–water partition coefficient (Wildman–Crippen LogP) is 2.67. The van der Waals surface area contributed by atoms with Gasteiger partial charge in [0.1, 0.15) is 11.5 Å². The van der Waals surface area contributed by atoms with Crippen molar-refractivity contribution in [1.29, 1.82) is 0 Å². The van der Waals surface area contributed by atoms with Crippen molar-refractivity contribution < 1.29 is 4.92 Å². The summed E-state index contributed by atoms with van der Waals surface area (Å²) in [6.45, 7) is 4.14. The van der Waals surface area contributed by atoms with Crippen LogP contribution in [0.25, 0.3) is 0 Å². The zero-order valence-corrected chi connectivity index (χ0v) is 14.0. The Bertz CT molecular complexity index is 781. The lowest BCUT2D eigenvalue weighted by Crippen LogP contribution is -2.31. The molecule has 1 aromatic heterocycles. The van der Waals surface area contributed by atoms with Crippen molar-refractivity contribution >= 4 is 22.9 Å². The van der Waals surface area contributed by atoms with Crippen LogP contribution in [-0.2, 0) is 6.42 Å². The van der Waals surface area contributed by atoms with E-state index in [0.717, 1.165) is 68.3 Å². The highest BCUT2D eigenvalue weighted by molar-refractivity contribution is 5.78. The minimum atomic E-state index is -0.255. The predicted molar refractivity (Wildman–Crippen MR) is 98.6 cm³/mol. The largest absolute Gasteiger partial charge is 0.384 e. The van der Waals surface area contributed by atoms with Crippen LogP contribution >= 0.6 is 0 Å². The molecule has 1 fully saturated rings. The van der Waals surface area contributed by atoms with Gasteiger partial charge in [0.15, 0.2) is 0 Å². The van der Waals surface area contributed by atoms with Gasteiger partial charge >= 0.3 is 0 Å². The van der Waals surface area contributed by atoms with Gasteiger partial charge in [0.2, 0.25) is 0 Å². The maximum atomic E-state index is 11.6. The zero-order valence-electron chi connectivity index (χ0n) is 14.0. The summed E-state index contributed by atoms with van der Waals surface area (Å²) in [6.07, 6.45) is 3.59. The van der Waals surface area contributed by atoms with E-state index in [1.165, 1.54) is 0 Å². The molecule has 0 radical (unpaired) electrons. The minimum Gasteiger partial charge on any atom is -0.384 e. The fourth-order valence-corrected chi connectivity index (χ4v) is 3.78. The Morgan fingerprint density at radius 1 is 1.08 bits per heavy atom. The second kappa shape index (κ2) is 6.58. The molecule has 4 rings (SSSR count). The Kier molecular flexibility index (Phi) is 4.13. The number of anilines is 3. The molecule has 0 spiro atoms. The number of nitro groups is 1. The summed E-state index contributed by atoms with van der Waals surface area (Å²) in [5.41, 5.74) is 3.14. The molecule has 0 bridgehead atoms. The number of hydrogen-bond donors (Lipinski definition) is 1. The number of nitrogens with zero attached hydrogens (tertiary/aromatic N) is 4. The third kappa shape index (κ3) is 2.97. The topological polar surface area (TPSA) is 74.5 Å². The molecule has 7 heteroatoms. The number of nitro benzene ring substituents is 1. The van der Waals surface area contributed by atoms with E-state index in [-0.39, 0.29) is 10.6 Å². The van der Waals surface area contributed by atoms with Gasteiger partial charge in [-0.2, -0.15) is 0 Å². The van der Waals surface area contributed by atoms with Crippen molar-refractivity contribution in [3.05, 3.63) is 52.2 Å². The maximum Gasteiger partial charge on any atom is 0.292 e. The third-order valence-electron chi connectivity index (χ3n) is 4.93. The molecule has 0 atom stereocenters. The average molecular weight is 339 g/mol. The van der Waals surface area contributed by atoms with Gasteiger partial charge in [0, 0.05) is 56.2 Å². The van der Waals surface area contributed by atoms with Crippen LogP contribution in [-0.4, -0.2) is 42.6 Å². The summed E-state index contributed by atoms with van der Waals surface area (Å²) in [5.74, 6) is 0.971. The molecule has 0 aliphatic carbocycles. The fraction of sp³-hybridized carbons (Fsp3) is 0.389. The van der Waals surface area contributed by atoms with Crippen LogP contribution in [0.2, 0.25) is 0 Å². The van der Waals surface area contributed by atoms with Gasteiger partial charge in [-0.05, 0) is 31.0 Å². The highest BCUT2D eigenvalue weighted by Crippen LogP contribution is 2.39. The number of pyridine rings is 1. The van der Waals surface area contributed by atoms with Crippen LogP contribution in [0.15, 0.2) is 36.5 Å². The Morgan fingerprint density at radius 2 is 1.92 bits per heavy atom. The van der Waals surface area contributed by atoms with Crippen molar-refractivity contribution in [2.24, 2.45) is 0 Å². The molecule has 2 aliphatic heterocycles. The molecule has 0 unspecified atom stereocenters. The van der Waals surface area contributed by atoms with Crippen LogP contribution < -0.4 is 15.1 Å². The number of fused-ring (bicyclic) bond motifs is 1. The molecule has 3 heterocycles. The lowest BCUT2D eigenvalue weighted by molar-refractivity contribution is -0.384. The van der Waals surface area contributed by atoms with Gasteiger partial charge in [0.25, 0.3) is 5.69 Å². The Balaban J connectivity index is 1.63. The van der Waals surface area contributed by atoms with Crippen LogP contribution in [0.3, 0.4) is 0 Å². The van der Waals surface area contributed by atoms with Crippen LogP contribution in [0.4, 0.5) is 22.9 Å². The molecule has 1 N–H and O–H groups in total. The van der Waals surface area contributed by atoms with Gasteiger partial charge in [-0.25, -0.2) is 4.98 Å². The van der Waals surface area contributed by atoms with E-state index in [1.807, 2.05) is 24.3 Å². The quantitative estimate of drug-likeness (QED) is 0.684. The smallest absolute Gasteiger partial charge is 0.292 e. The van der Waals surface area contributed by atoms with E-state index in [4.69, 9.17) is 0 Å². The van der Waals surface area contributed by atoms with Crippen molar-refractivity contribution in [2.75, 3.05) is 47.8 Å². The van der Waals surface area contributed by atoms with Crippen LogP contribution in [0.1, 0.15) is 12.0 Å². The first-order valence-corrected chi connectivity index (χ1v) is 8.69. The van der Waals surface area contributed by atoms with Gasteiger partial charge in [-0.15, -0.1) is 0 Å². The van der Waals surface area contributed by atoms with Crippen LogP contribution in [0.5, 0.6) is 0 Å². The molecule has 0 amide bonds. The highest BCUT2D eigenvalue weighted by Gasteiger charge is 2.29. The number of hydrogen-bond acceptors (Lipinski definition) is 6. The van der Waals surface area contributed by atoms with Gasteiger partial charge in [-0.1, -0.05) is 6.07 Å². The minimum absolute atomic E-state index is 0.216. The summed E-state index contributed by atoms with van der Waals surface area (Å²) < 4.78 is 0. The number of aromatic nitrogens is 1. The molecule has 2 aliphatic rings. The summed E-state index contributed by atoms with van der Waals surface area (Å²) >= 11 is 0. The Labute approximate surface area is 146 Å². The first-order chi connectivity index (χ1) is 12.2.